The number of aryl methyl sites for hydroxylation is 2. The Morgan fingerprint density at radius 3 is 2.76 bits per heavy atom. The van der Waals surface area contributed by atoms with Gasteiger partial charge >= 0.3 is 0 Å². The second kappa shape index (κ2) is 4.08. The Morgan fingerprint density at radius 1 is 1.47 bits per heavy atom. The molecule has 0 saturated heterocycles. The van der Waals surface area contributed by atoms with Crippen LogP contribution in [0.1, 0.15) is 19.0 Å². The average molecular weight is 236 g/mol. The van der Waals surface area contributed by atoms with Gasteiger partial charge in [-0.25, -0.2) is 4.98 Å². The molecule has 0 spiro atoms. The lowest BCUT2D eigenvalue weighted by molar-refractivity contribution is -0.118. The number of fused-ring (bicyclic) bond motifs is 1. The van der Waals surface area contributed by atoms with Crippen LogP contribution in [0.3, 0.4) is 0 Å². The van der Waals surface area contributed by atoms with Crippen molar-refractivity contribution in [3.8, 4) is 0 Å². The molecule has 0 atom stereocenters. The number of hydrogen-bond donors (Lipinski definition) is 2. The molecule has 0 fully saturated rings. The maximum absolute atomic E-state index is 11.0. The summed E-state index contributed by atoms with van der Waals surface area (Å²) in [5.74, 6) is -0.154. The third kappa shape index (κ3) is 1.83. The van der Waals surface area contributed by atoms with Crippen LogP contribution in [-0.2, 0) is 24.8 Å². The summed E-state index contributed by atoms with van der Waals surface area (Å²) in [6, 6.07) is 0. The van der Waals surface area contributed by atoms with Gasteiger partial charge in [-0.3, -0.25) is 14.0 Å². The van der Waals surface area contributed by atoms with Gasteiger partial charge in [0.2, 0.25) is 11.9 Å². The van der Waals surface area contributed by atoms with Gasteiger partial charge in [0, 0.05) is 7.05 Å². The third-order valence-electron chi connectivity index (χ3n) is 2.62. The first-order chi connectivity index (χ1) is 8.04. The second-order valence-corrected chi connectivity index (χ2v) is 4.01. The van der Waals surface area contributed by atoms with E-state index < -0.39 is 5.91 Å². The van der Waals surface area contributed by atoms with E-state index in [2.05, 4.69) is 17.0 Å². The average Bonchev–Trinajstić information content (AvgIpc) is 2.69. The number of hydrogen-bond acceptors (Lipinski definition) is 4. The maximum atomic E-state index is 11.0. The van der Waals surface area contributed by atoms with Crippen LogP contribution in [0.2, 0.25) is 0 Å². The number of amides is 1. The zero-order valence-corrected chi connectivity index (χ0v) is 9.97. The van der Waals surface area contributed by atoms with E-state index in [9.17, 15) is 4.79 Å². The lowest BCUT2D eigenvalue weighted by atomic mass is 10.2. The van der Waals surface area contributed by atoms with Gasteiger partial charge in [-0.2, -0.15) is 5.10 Å². The molecule has 92 valence electrons. The van der Waals surface area contributed by atoms with Gasteiger partial charge in [0.15, 0.2) is 5.65 Å². The van der Waals surface area contributed by atoms with E-state index in [0.717, 1.165) is 29.7 Å². The minimum Gasteiger partial charge on any atom is -0.369 e. The Hall–Kier alpha value is -2.05. The van der Waals surface area contributed by atoms with E-state index in [1.165, 1.54) is 0 Å². The van der Waals surface area contributed by atoms with Crippen LogP contribution >= 0.6 is 0 Å². The molecule has 0 aliphatic carbocycles. The second-order valence-electron chi connectivity index (χ2n) is 4.01. The Bertz CT molecular complexity index is 567. The normalized spacial score (nSPS) is 11.2. The first-order valence-electron chi connectivity index (χ1n) is 5.50. The predicted molar refractivity (Wildman–Crippen MR) is 64.1 cm³/mol. The number of nitrogens with zero attached hydrogens (tertiary/aromatic N) is 4. The molecule has 0 aliphatic rings. The molecule has 0 radical (unpaired) electrons. The Morgan fingerprint density at radius 2 is 2.18 bits per heavy atom. The first kappa shape index (κ1) is 11.4. The van der Waals surface area contributed by atoms with Crippen molar-refractivity contribution in [2.24, 2.45) is 12.8 Å². The molecule has 4 N–H and O–H groups in total. The van der Waals surface area contributed by atoms with E-state index in [1.54, 1.807) is 16.3 Å². The summed E-state index contributed by atoms with van der Waals surface area (Å²) in [5.41, 5.74) is 13.4. The maximum Gasteiger partial charge on any atom is 0.237 e. The zero-order valence-electron chi connectivity index (χ0n) is 9.97. The summed E-state index contributed by atoms with van der Waals surface area (Å²) in [4.78, 5) is 15.2. The van der Waals surface area contributed by atoms with Crippen LogP contribution in [0.25, 0.3) is 11.2 Å². The fourth-order valence-electron chi connectivity index (χ4n) is 1.98. The fraction of sp³-hybridized carbons (Fsp3) is 0.500. The molecule has 2 rings (SSSR count). The van der Waals surface area contributed by atoms with Crippen molar-refractivity contribution in [2.45, 2.75) is 26.3 Å². The van der Waals surface area contributed by atoms with Gasteiger partial charge in [0.25, 0.3) is 0 Å². The highest BCUT2D eigenvalue weighted by Crippen LogP contribution is 2.21. The molecular formula is C10H16N6O. The van der Waals surface area contributed by atoms with Crippen molar-refractivity contribution >= 4 is 23.0 Å². The van der Waals surface area contributed by atoms with Crippen LogP contribution < -0.4 is 11.5 Å². The van der Waals surface area contributed by atoms with Crippen molar-refractivity contribution < 1.29 is 4.79 Å². The number of imidazole rings is 1. The van der Waals surface area contributed by atoms with Crippen LogP contribution in [0.4, 0.5) is 5.95 Å². The summed E-state index contributed by atoms with van der Waals surface area (Å²) < 4.78 is 3.27. The van der Waals surface area contributed by atoms with E-state index in [4.69, 9.17) is 11.5 Å². The Balaban J connectivity index is 2.60. The topological polar surface area (TPSA) is 105 Å². The van der Waals surface area contributed by atoms with Crippen LogP contribution in [0.5, 0.6) is 0 Å². The molecular weight excluding hydrogens is 220 g/mol. The standard InChI is InChI=1S/C10H16N6O/c1-3-4-6-8-9(15(2)14-6)16(5-7(11)17)10(12)13-8/h3-5H2,1-2H3,(H2,11,17)(H2,12,13). The van der Waals surface area contributed by atoms with Crippen molar-refractivity contribution in [3.05, 3.63) is 5.69 Å². The summed E-state index contributed by atoms with van der Waals surface area (Å²) in [7, 11) is 1.81. The van der Waals surface area contributed by atoms with E-state index in [0.29, 0.717) is 5.95 Å². The Labute approximate surface area is 98.4 Å². The molecule has 0 saturated carbocycles. The minimum atomic E-state index is -0.450. The summed E-state index contributed by atoms with van der Waals surface area (Å²) in [6.45, 7) is 2.09. The van der Waals surface area contributed by atoms with Crippen molar-refractivity contribution in [2.75, 3.05) is 5.73 Å². The van der Waals surface area contributed by atoms with E-state index in [1.807, 2.05) is 0 Å². The van der Waals surface area contributed by atoms with Crippen LogP contribution in [0, 0.1) is 0 Å². The lowest BCUT2D eigenvalue weighted by Crippen LogP contribution is -2.20. The van der Waals surface area contributed by atoms with Gasteiger partial charge in [-0.15, -0.1) is 0 Å². The summed E-state index contributed by atoms with van der Waals surface area (Å²) in [6.07, 6.45) is 1.82. The molecule has 1 amide bonds. The van der Waals surface area contributed by atoms with Crippen molar-refractivity contribution in [1.82, 2.24) is 19.3 Å². The monoisotopic (exact) mass is 236 g/mol. The molecule has 0 aromatic carbocycles. The first-order valence-corrected chi connectivity index (χ1v) is 5.50. The number of carbonyl (C=O) groups excluding carboxylic acids is 1. The molecule has 2 heterocycles. The zero-order chi connectivity index (χ0) is 12.6. The highest BCUT2D eigenvalue weighted by Gasteiger charge is 2.18. The number of rotatable bonds is 4. The SMILES string of the molecule is CCCc1nn(C)c2c1nc(N)n2CC(N)=O. The molecule has 7 nitrogen and oxygen atoms in total. The molecule has 7 heteroatoms. The van der Waals surface area contributed by atoms with Gasteiger partial charge < -0.3 is 11.5 Å². The molecule has 17 heavy (non-hydrogen) atoms. The number of carbonyl (C=O) groups is 1. The highest BCUT2D eigenvalue weighted by molar-refractivity contribution is 5.81. The van der Waals surface area contributed by atoms with Gasteiger partial charge in [-0.1, -0.05) is 13.3 Å². The Kier molecular flexibility index (Phi) is 2.74. The molecule has 2 aromatic heterocycles. The largest absolute Gasteiger partial charge is 0.369 e. The smallest absolute Gasteiger partial charge is 0.237 e. The van der Waals surface area contributed by atoms with Crippen molar-refractivity contribution in [3.63, 3.8) is 0 Å². The van der Waals surface area contributed by atoms with Crippen molar-refractivity contribution in [1.29, 1.82) is 0 Å². The molecule has 0 bridgehead atoms. The van der Waals surface area contributed by atoms with E-state index >= 15 is 0 Å². The van der Waals surface area contributed by atoms with Gasteiger partial charge in [0.05, 0.1) is 5.69 Å². The number of nitrogen functional groups attached to an aromatic ring is 1. The quantitative estimate of drug-likeness (QED) is 0.766. The predicted octanol–water partition coefficient (Wildman–Crippen LogP) is -0.210. The summed E-state index contributed by atoms with van der Waals surface area (Å²) >= 11 is 0. The van der Waals surface area contributed by atoms with E-state index in [-0.39, 0.29) is 6.54 Å². The number of aromatic nitrogens is 4. The molecule has 0 aliphatic heterocycles. The fourth-order valence-corrected chi connectivity index (χ4v) is 1.98. The van der Waals surface area contributed by atoms with Crippen LogP contribution in [0.15, 0.2) is 0 Å². The molecule has 0 unspecified atom stereocenters. The number of nitrogens with two attached hydrogens (primary N) is 2. The summed E-state index contributed by atoms with van der Waals surface area (Å²) in [5, 5.41) is 4.37. The van der Waals surface area contributed by atoms with Crippen LogP contribution in [-0.4, -0.2) is 25.2 Å². The number of primary amides is 1. The van der Waals surface area contributed by atoms with Gasteiger partial charge in [0.1, 0.15) is 12.1 Å². The van der Waals surface area contributed by atoms with Gasteiger partial charge in [-0.05, 0) is 6.42 Å². The third-order valence-corrected chi connectivity index (χ3v) is 2.62. The minimum absolute atomic E-state index is 0.0213. The lowest BCUT2D eigenvalue weighted by Gasteiger charge is -2.03. The molecule has 2 aromatic rings. The number of anilines is 1. The highest BCUT2D eigenvalue weighted by atomic mass is 16.1.